The molecule has 0 spiro atoms. The number of Topliss-reactive ketones (excluding diaryl/α,β-unsaturated/α-hetero) is 1. The van der Waals surface area contributed by atoms with Gasteiger partial charge in [0.2, 0.25) is 0 Å². The van der Waals surface area contributed by atoms with Crippen molar-refractivity contribution in [1.29, 1.82) is 0 Å². The van der Waals surface area contributed by atoms with Crippen LogP contribution in [0.2, 0.25) is 0 Å². The summed E-state index contributed by atoms with van der Waals surface area (Å²) in [6, 6.07) is 5.39. The molecule has 1 rings (SSSR count). The van der Waals surface area contributed by atoms with Crippen LogP contribution in [-0.2, 0) is 0 Å². The molecule has 0 saturated carbocycles. The lowest BCUT2D eigenvalue weighted by molar-refractivity contribution is 0.0990. The molecule has 0 radical (unpaired) electrons. The minimum atomic E-state index is -0.202. The van der Waals surface area contributed by atoms with Gasteiger partial charge >= 0.3 is 0 Å². The zero-order valence-corrected chi connectivity index (χ0v) is 10.4. The average molecular weight is 277 g/mol. The lowest BCUT2D eigenvalue weighted by Gasteiger charge is -2.08. The number of alkyl halides is 1. The number of hydrogen-bond acceptors (Lipinski definition) is 3. The van der Waals surface area contributed by atoms with E-state index in [1.54, 1.807) is 19.1 Å². The van der Waals surface area contributed by atoms with Gasteiger partial charge in [-0.3, -0.25) is 4.79 Å². The third-order valence-corrected chi connectivity index (χ3v) is 2.79. The summed E-state index contributed by atoms with van der Waals surface area (Å²) in [5.74, 6) is 0.00981. The van der Waals surface area contributed by atoms with Crippen LogP contribution in [0.25, 0.3) is 0 Å². The number of hydrogen-bond donors (Lipinski definition) is 2. The largest absolute Gasteiger partial charge is 0.293 e. The molecule has 1 aromatic rings. The molecule has 1 atom stereocenters. The smallest absolute Gasteiger partial charge is 0.178 e. The lowest BCUT2D eigenvalue weighted by Crippen LogP contribution is -2.11. The molecule has 0 aromatic heterocycles. The van der Waals surface area contributed by atoms with E-state index < -0.39 is 0 Å². The van der Waals surface area contributed by atoms with Crippen molar-refractivity contribution >= 4 is 47.0 Å². The first-order valence-electron chi connectivity index (χ1n) is 3.73. The van der Waals surface area contributed by atoms with E-state index in [0.29, 0.717) is 15.4 Å². The van der Waals surface area contributed by atoms with Crippen LogP contribution in [0.1, 0.15) is 17.3 Å². The van der Waals surface area contributed by atoms with Crippen LogP contribution in [0, 0.1) is 0 Å². The van der Waals surface area contributed by atoms with Crippen molar-refractivity contribution in [3.05, 3.63) is 23.8 Å². The maximum Gasteiger partial charge on any atom is 0.178 e. The predicted molar refractivity (Wildman–Crippen MR) is 63.7 cm³/mol. The second-order valence-corrected chi connectivity index (χ2v) is 4.99. The summed E-state index contributed by atoms with van der Waals surface area (Å²) >= 11 is 11.6. The normalized spacial score (nSPS) is 12.6. The van der Waals surface area contributed by atoms with E-state index in [0.717, 1.165) is 0 Å². The Hall–Kier alpha value is 0.0700. The molecule has 0 aliphatic rings. The molecule has 1 unspecified atom stereocenters. The van der Waals surface area contributed by atoms with E-state index in [-0.39, 0.29) is 10.6 Å². The van der Waals surface area contributed by atoms with Gasteiger partial charge in [-0.2, -0.15) is 0 Å². The molecule has 13 heavy (non-hydrogen) atoms. The van der Waals surface area contributed by atoms with Crippen molar-refractivity contribution in [2.24, 2.45) is 0 Å². The Morgan fingerprint density at radius 1 is 1.38 bits per heavy atom. The molecule has 0 heterocycles. The second-order valence-electron chi connectivity index (χ2n) is 2.65. The van der Waals surface area contributed by atoms with Crippen molar-refractivity contribution < 1.29 is 4.79 Å². The number of carbonyl (C=O) groups excluding carboxylic acids is 1. The third kappa shape index (κ3) is 2.51. The molecule has 1 nitrogen and oxygen atoms in total. The van der Waals surface area contributed by atoms with Crippen LogP contribution in [-0.4, -0.2) is 10.6 Å². The molecule has 0 N–H and O–H groups in total. The SMILES string of the molecule is CC(Br)C(=O)c1c(S)cccc1S. The molecule has 0 saturated heterocycles. The molecule has 0 amide bonds. The van der Waals surface area contributed by atoms with Crippen LogP contribution in [0.4, 0.5) is 0 Å². The van der Waals surface area contributed by atoms with Crippen LogP contribution in [0.3, 0.4) is 0 Å². The van der Waals surface area contributed by atoms with E-state index in [1.807, 2.05) is 6.07 Å². The van der Waals surface area contributed by atoms with Crippen LogP contribution < -0.4 is 0 Å². The Morgan fingerprint density at radius 2 is 1.85 bits per heavy atom. The first-order chi connectivity index (χ1) is 6.04. The Morgan fingerprint density at radius 3 is 2.23 bits per heavy atom. The van der Waals surface area contributed by atoms with Gasteiger partial charge in [0, 0.05) is 15.4 Å². The molecule has 4 heteroatoms. The van der Waals surface area contributed by atoms with Crippen LogP contribution in [0.15, 0.2) is 28.0 Å². The number of thiol groups is 2. The Labute approximate surface area is 96.9 Å². The second kappa shape index (κ2) is 4.53. The fourth-order valence-corrected chi connectivity index (χ4v) is 1.93. The zero-order chi connectivity index (χ0) is 10.0. The van der Waals surface area contributed by atoms with E-state index >= 15 is 0 Å². The molecule has 0 bridgehead atoms. The molecular weight excluding hydrogens is 268 g/mol. The summed E-state index contributed by atoms with van der Waals surface area (Å²) in [6.07, 6.45) is 0. The highest BCUT2D eigenvalue weighted by molar-refractivity contribution is 9.10. The van der Waals surface area contributed by atoms with E-state index in [4.69, 9.17) is 0 Å². The molecular formula is C9H9BrOS2. The Balaban J connectivity index is 3.20. The van der Waals surface area contributed by atoms with Crippen LogP contribution >= 0.6 is 41.2 Å². The predicted octanol–water partition coefficient (Wildman–Crippen LogP) is 3.23. The number of ketones is 1. The third-order valence-electron chi connectivity index (χ3n) is 1.63. The van der Waals surface area contributed by atoms with E-state index in [9.17, 15) is 4.79 Å². The first kappa shape index (κ1) is 11.1. The fraction of sp³-hybridized carbons (Fsp3) is 0.222. The summed E-state index contributed by atoms with van der Waals surface area (Å²) in [6.45, 7) is 1.79. The summed E-state index contributed by atoms with van der Waals surface area (Å²) in [5.41, 5.74) is 0.582. The van der Waals surface area contributed by atoms with Gasteiger partial charge in [0.1, 0.15) is 0 Å². The highest BCUT2D eigenvalue weighted by atomic mass is 79.9. The maximum absolute atomic E-state index is 11.6. The molecule has 1 aromatic carbocycles. The summed E-state index contributed by atoms with van der Waals surface area (Å²) in [4.78, 5) is 12.8. The van der Waals surface area contributed by atoms with Crippen molar-refractivity contribution in [3.63, 3.8) is 0 Å². The summed E-state index contributed by atoms with van der Waals surface area (Å²) in [7, 11) is 0. The minimum Gasteiger partial charge on any atom is -0.293 e. The van der Waals surface area contributed by atoms with Gasteiger partial charge in [0.15, 0.2) is 5.78 Å². The number of benzene rings is 1. The average Bonchev–Trinajstić information content (AvgIpc) is 2.03. The topological polar surface area (TPSA) is 17.1 Å². The number of halogens is 1. The Bertz CT molecular complexity index is 316. The molecule has 70 valence electrons. The van der Waals surface area contributed by atoms with Gasteiger partial charge in [-0.25, -0.2) is 0 Å². The van der Waals surface area contributed by atoms with Gasteiger partial charge in [0.25, 0.3) is 0 Å². The monoisotopic (exact) mass is 276 g/mol. The van der Waals surface area contributed by atoms with E-state index in [2.05, 4.69) is 41.2 Å². The first-order valence-corrected chi connectivity index (χ1v) is 5.54. The van der Waals surface area contributed by atoms with Gasteiger partial charge < -0.3 is 0 Å². The van der Waals surface area contributed by atoms with Crippen molar-refractivity contribution in [3.8, 4) is 0 Å². The molecule has 0 aliphatic heterocycles. The van der Waals surface area contributed by atoms with Crippen molar-refractivity contribution in [2.45, 2.75) is 21.5 Å². The summed E-state index contributed by atoms with van der Waals surface area (Å²) < 4.78 is 0. The lowest BCUT2D eigenvalue weighted by atomic mass is 10.1. The Kier molecular flexibility index (Phi) is 3.88. The van der Waals surface area contributed by atoms with Gasteiger partial charge in [-0.15, -0.1) is 25.3 Å². The molecule has 0 fully saturated rings. The number of carbonyl (C=O) groups is 1. The van der Waals surface area contributed by atoms with Gasteiger partial charge in [-0.05, 0) is 19.1 Å². The van der Waals surface area contributed by atoms with Gasteiger partial charge in [-0.1, -0.05) is 22.0 Å². The molecule has 0 aliphatic carbocycles. The fourth-order valence-electron chi connectivity index (χ4n) is 0.980. The highest BCUT2D eigenvalue weighted by Crippen LogP contribution is 2.24. The summed E-state index contributed by atoms with van der Waals surface area (Å²) in [5, 5.41) is 0. The van der Waals surface area contributed by atoms with Crippen LogP contribution in [0.5, 0.6) is 0 Å². The highest BCUT2D eigenvalue weighted by Gasteiger charge is 2.16. The standard InChI is InChI=1S/C9H9BrOS2/c1-5(10)9(11)8-6(12)3-2-4-7(8)13/h2-5,12-13H,1H3. The quantitative estimate of drug-likeness (QED) is 0.482. The van der Waals surface area contributed by atoms with Gasteiger partial charge in [0.05, 0.1) is 4.83 Å². The zero-order valence-electron chi connectivity index (χ0n) is 6.99. The van der Waals surface area contributed by atoms with Crippen molar-refractivity contribution in [2.75, 3.05) is 0 Å². The minimum absolute atomic E-state index is 0.00981. The van der Waals surface area contributed by atoms with E-state index in [1.165, 1.54) is 0 Å². The van der Waals surface area contributed by atoms with Crippen molar-refractivity contribution in [1.82, 2.24) is 0 Å². The number of rotatable bonds is 2. The maximum atomic E-state index is 11.6.